The Morgan fingerprint density at radius 3 is 2.81 bits per heavy atom. The number of aryl methyl sites for hydroxylation is 1. The molecule has 0 spiro atoms. The van der Waals surface area contributed by atoms with Crippen molar-refractivity contribution in [3.05, 3.63) is 62.8 Å². The SMILES string of the molecule is CCNc1nc2[nH]c(=O)c3c(c2s1)OC(N)=C(C#N)[C@H]3c1ccc(C)cc1. The molecule has 0 bridgehead atoms. The van der Waals surface area contributed by atoms with Crippen LogP contribution in [0.3, 0.4) is 0 Å². The average Bonchev–Trinajstić information content (AvgIpc) is 3.04. The number of nitriles is 1. The van der Waals surface area contributed by atoms with Crippen LogP contribution in [-0.2, 0) is 0 Å². The number of pyridine rings is 1. The molecule has 7 nitrogen and oxygen atoms in total. The molecule has 2 aromatic heterocycles. The van der Waals surface area contributed by atoms with Crippen LogP contribution in [0.1, 0.15) is 29.5 Å². The highest BCUT2D eigenvalue weighted by Crippen LogP contribution is 2.44. The zero-order valence-corrected chi connectivity index (χ0v) is 15.6. The smallest absolute Gasteiger partial charge is 0.257 e. The van der Waals surface area contributed by atoms with Crippen LogP contribution in [0.25, 0.3) is 10.3 Å². The molecule has 8 heteroatoms. The first-order valence-corrected chi connectivity index (χ1v) is 9.29. The lowest BCUT2D eigenvalue weighted by molar-refractivity contribution is 0.397. The Kier molecular flexibility index (Phi) is 4.09. The van der Waals surface area contributed by atoms with Crippen molar-refractivity contribution in [2.45, 2.75) is 19.8 Å². The van der Waals surface area contributed by atoms with Gasteiger partial charge in [-0.05, 0) is 19.4 Å². The summed E-state index contributed by atoms with van der Waals surface area (Å²) in [5.41, 5.74) is 8.67. The third kappa shape index (κ3) is 2.73. The number of benzene rings is 1. The minimum absolute atomic E-state index is 0.0147. The second-order valence-electron chi connectivity index (χ2n) is 6.26. The lowest BCUT2D eigenvalue weighted by Crippen LogP contribution is -2.27. The van der Waals surface area contributed by atoms with Crippen molar-refractivity contribution in [3.8, 4) is 11.8 Å². The van der Waals surface area contributed by atoms with Crippen molar-refractivity contribution in [1.29, 1.82) is 5.26 Å². The van der Waals surface area contributed by atoms with Crippen molar-refractivity contribution >= 4 is 26.8 Å². The van der Waals surface area contributed by atoms with Gasteiger partial charge in [0.05, 0.1) is 11.5 Å². The van der Waals surface area contributed by atoms with Gasteiger partial charge in [0.15, 0.2) is 16.5 Å². The maximum atomic E-state index is 12.9. The van der Waals surface area contributed by atoms with E-state index in [9.17, 15) is 10.1 Å². The van der Waals surface area contributed by atoms with E-state index in [1.54, 1.807) is 0 Å². The number of nitrogens with two attached hydrogens (primary N) is 1. The van der Waals surface area contributed by atoms with E-state index in [4.69, 9.17) is 10.5 Å². The highest BCUT2D eigenvalue weighted by molar-refractivity contribution is 7.22. The minimum atomic E-state index is -0.586. The Morgan fingerprint density at radius 1 is 1.41 bits per heavy atom. The molecule has 0 amide bonds. The lowest BCUT2D eigenvalue weighted by atomic mass is 9.84. The molecule has 4 rings (SSSR count). The number of H-pyrrole nitrogens is 1. The number of hydrogen-bond donors (Lipinski definition) is 3. The zero-order chi connectivity index (χ0) is 19.1. The van der Waals surface area contributed by atoms with Gasteiger partial charge in [0, 0.05) is 6.54 Å². The number of rotatable bonds is 3. The molecule has 1 aromatic carbocycles. The number of fused-ring (bicyclic) bond motifs is 3. The first-order chi connectivity index (χ1) is 13.0. The van der Waals surface area contributed by atoms with Gasteiger partial charge in [-0.2, -0.15) is 5.26 Å². The van der Waals surface area contributed by atoms with Crippen LogP contribution in [0, 0.1) is 18.3 Å². The molecule has 0 unspecified atom stereocenters. The summed E-state index contributed by atoms with van der Waals surface area (Å²) >= 11 is 1.38. The Bertz CT molecular complexity index is 1170. The van der Waals surface area contributed by atoms with Gasteiger partial charge in [-0.1, -0.05) is 41.2 Å². The Hall–Kier alpha value is -3.31. The second kappa shape index (κ2) is 6.45. The first-order valence-electron chi connectivity index (χ1n) is 8.48. The first kappa shape index (κ1) is 17.1. The van der Waals surface area contributed by atoms with Gasteiger partial charge in [-0.25, -0.2) is 4.98 Å². The summed E-state index contributed by atoms with van der Waals surface area (Å²) in [6.07, 6.45) is 0. The fourth-order valence-corrected chi connectivity index (χ4v) is 4.20. The maximum absolute atomic E-state index is 12.9. The summed E-state index contributed by atoms with van der Waals surface area (Å²) in [6, 6.07) is 9.80. The van der Waals surface area contributed by atoms with E-state index in [0.29, 0.717) is 33.3 Å². The van der Waals surface area contributed by atoms with E-state index in [0.717, 1.165) is 11.1 Å². The van der Waals surface area contributed by atoms with Gasteiger partial charge in [0.25, 0.3) is 5.56 Å². The average molecular weight is 379 g/mol. The number of hydrogen-bond acceptors (Lipinski definition) is 7. The van der Waals surface area contributed by atoms with Gasteiger partial charge >= 0.3 is 0 Å². The number of aromatic amines is 1. The van der Waals surface area contributed by atoms with Crippen LogP contribution < -0.4 is 21.3 Å². The van der Waals surface area contributed by atoms with Gasteiger partial charge < -0.3 is 20.8 Å². The largest absolute Gasteiger partial charge is 0.438 e. The molecule has 0 saturated heterocycles. The van der Waals surface area contributed by atoms with Gasteiger partial charge in [-0.3, -0.25) is 4.79 Å². The van der Waals surface area contributed by atoms with Crippen LogP contribution in [0.15, 0.2) is 40.5 Å². The molecule has 1 atom stereocenters. The number of anilines is 1. The molecule has 1 aliphatic heterocycles. The number of thiazole rings is 1. The summed E-state index contributed by atoms with van der Waals surface area (Å²) in [7, 11) is 0. The normalized spacial score (nSPS) is 16.0. The fraction of sp³-hybridized carbons (Fsp3) is 0.211. The highest BCUT2D eigenvalue weighted by Gasteiger charge is 2.35. The summed E-state index contributed by atoms with van der Waals surface area (Å²) in [4.78, 5) is 20.1. The van der Waals surface area contributed by atoms with Crippen molar-refractivity contribution in [2.75, 3.05) is 11.9 Å². The van der Waals surface area contributed by atoms with Crippen molar-refractivity contribution in [1.82, 2.24) is 9.97 Å². The molecule has 0 radical (unpaired) electrons. The third-order valence-corrected chi connectivity index (χ3v) is 5.48. The quantitative estimate of drug-likeness (QED) is 0.644. The van der Waals surface area contributed by atoms with Crippen molar-refractivity contribution in [3.63, 3.8) is 0 Å². The predicted molar refractivity (Wildman–Crippen MR) is 105 cm³/mol. The number of nitrogens with one attached hydrogen (secondary N) is 2. The van der Waals surface area contributed by atoms with E-state index < -0.39 is 5.92 Å². The van der Waals surface area contributed by atoms with Crippen LogP contribution in [0.5, 0.6) is 5.75 Å². The fourth-order valence-electron chi connectivity index (χ4n) is 3.21. The monoisotopic (exact) mass is 379 g/mol. The molecule has 27 heavy (non-hydrogen) atoms. The molecule has 136 valence electrons. The van der Waals surface area contributed by atoms with E-state index in [1.165, 1.54) is 11.3 Å². The standard InChI is InChI=1S/C19H17N5O2S/c1-3-22-19-24-17-15(27-19)14-13(18(25)23-17)12(11(8-20)16(21)26-14)10-6-4-9(2)5-7-10/h4-7,12H,3,21H2,1-2H3,(H2,22,23,24,25)/t12-/m1/s1. The summed E-state index contributed by atoms with van der Waals surface area (Å²) in [5.74, 6) is -0.199. The van der Waals surface area contributed by atoms with Gasteiger partial charge in [-0.15, -0.1) is 0 Å². The second-order valence-corrected chi connectivity index (χ2v) is 7.26. The predicted octanol–water partition coefficient (Wildman–Crippen LogP) is 2.94. The highest BCUT2D eigenvalue weighted by atomic mass is 32.1. The molecule has 0 fully saturated rings. The third-order valence-electron chi connectivity index (χ3n) is 4.47. The molecular weight excluding hydrogens is 362 g/mol. The molecule has 0 saturated carbocycles. The number of nitrogens with zero attached hydrogens (tertiary/aromatic N) is 2. The summed E-state index contributed by atoms with van der Waals surface area (Å²) < 4.78 is 6.45. The number of allylic oxidation sites excluding steroid dienone is 1. The van der Waals surface area contributed by atoms with Gasteiger partial charge in [0.1, 0.15) is 16.3 Å². The lowest BCUT2D eigenvalue weighted by Gasteiger charge is -2.25. The van der Waals surface area contributed by atoms with Crippen molar-refractivity contribution in [2.24, 2.45) is 5.73 Å². The van der Waals surface area contributed by atoms with E-state index >= 15 is 0 Å². The van der Waals surface area contributed by atoms with Crippen LogP contribution in [0.4, 0.5) is 5.13 Å². The molecular formula is C19H17N5O2S. The molecule has 3 heterocycles. The summed E-state index contributed by atoms with van der Waals surface area (Å²) in [6.45, 7) is 4.65. The van der Waals surface area contributed by atoms with Crippen molar-refractivity contribution < 1.29 is 4.74 Å². The topological polar surface area (TPSA) is 117 Å². The Balaban J connectivity index is 2.01. The molecule has 1 aliphatic rings. The van der Waals surface area contributed by atoms with E-state index in [2.05, 4.69) is 21.4 Å². The number of aromatic nitrogens is 2. The molecule has 0 aliphatic carbocycles. The summed E-state index contributed by atoms with van der Waals surface area (Å²) in [5, 5.41) is 13.5. The zero-order valence-electron chi connectivity index (χ0n) is 14.8. The molecule has 4 N–H and O–H groups in total. The minimum Gasteiger partial charge on any atom is -0.438 e. The number of ether oxygens (including phenoxy) is 1. The van der Waals surface area contributed by atoms with Crippen LogP contribution in [0.2, 0.25) is 0 Å². The van der Waals surface area contributed by atoms with Gasteiger partial charge in [0.2, 0.25) is 5.88 Å². The van der Waals surface area contributed by atoms with Crippen LogP contribution >= 0.6 is 11.3 Å². The Morgan fingerprint density at radius 2 is 2.15 bits per heavy atom. The molecule has 3 aromatic rings. The Labute approximate surface area is 159 Å². The van der Waals surface area contributed by atoms with Crippen LogP contribution in [-0.4, -0.2) is 16.5 Å². The maximum Gasteiger partial charge on any atom is 0.257 e. The van der Waals surface area contributed by atoms with E-state index in [-0.39, 0.29) is 17.0 Å². The van der Waals surface area contributed by atoms with E-state index in [1.807, 2.05) is 38.1 Å².